The summed E-state index contributed by atoms with van der Waals surface area (Å²) in [6, 6.07) is 12.1. The molecule has 0 aliphatic carbocycles. The Bertz CT molecular complexity index is 821. The molecule has 26 heavy (non-hydrogen) atoms. The number of carbonyl (C=O) groups is 1. The minimum absolute atomic E-state index is 0.0892. The quantitative estimate of drug-likeness (QED) is 0.744. The van der Waals surface area contributed by atoms with Gasteiger partial charge in [-0.05, 0) is 48.7 Å². The molecule has 0 bridgehead atoms. The maximum absolute atomic E-state index is 12.5. The number of phenols is 1. The van der Waals surface area contributed by atoms with Gasteiger partial charge in [-0.25, -0.2) is 0 Å². The van der Waals surface area contributed by atoms with Crippen molar-refractivity contribution in [1.29, 1.82) is 0 Å². The average molecular weight is 438 g/mol. The van der Waals surface area contributed by atoms with Crippen molar-refractivity contribution in [3.63, 3.8) is 0 Å². The zero-order valence-electron chi connectivity index (χ0n) is 14.1. The van der Waals surface area contributed by atoms with E-state index in [2.05, 4.69) is 21.2 Å². The molecule has 0 saturated carbocycles. The molecule has 1 heterocycles. The first-order valence-corrected chi connectivity index (χ1v) is 10.5. The lowest BCUT2D eigenvalue weighted by Gasteiger charge is -2.21. The minimum atomic E-state index is -0.959. The Morgan fingerprint density at radius 2 is 2.00 bits per heavy atom. The Hall–Kier alpha value is -1.70. The third-order valence-electron chi connectivity index (χ3n) is 4.24. The smallest absolute Gasteiger partial charge is 0.259 e. The van der Waals surface area contributed by atoms with Gasteiger partial charge in [-0.1, -0.05) is 28.1 Å². The van der Waals surface area contributed by atoms with E-state index in [4.69, 9.17) is 4.74 Å². The van der Waals surface area contributed by atoms with Crippen molar-refractivity contribution < 1.29 is 18.8 Å². The lowest BCUT2D eigenvalue weighted by Crippen LogP contribution is -2.25. The van der Waals surface area contributed by atoms with E-state index in [1.807, 2.05) is 18.2 Å². The van der Waals surface area contributed by atoms with Gasteiger partial charge in [-0.2, -0.15) is 0 Å². The molecule has 1 unspecified atom stereocenters. The molecule has 1 amide bonds. The topological polar surface area (TPSA) is 75.6 Å². The third-order valence-corrected chi connectivity index (χ3v) is 6.56. The lowest BCUT2D eigenvalue weighted by molar-refractivity contribution is 0.0991. The maximum atomic E-state index is 12.5. The van der Waals surface area contributed by atoms with E-state index < -0.39 is 16.7 Å². The molecule has 2 N–H and O–H groups in total. The molecule has 1 atom stereocenters. The van der Waals surface area contributed by atoms with Crippen LogP contribution in [0.25, 0.3) is 0 Å². The zero-order valence-corrected chi connectivity index (χ0v) is 16.5. The lowest BCUT2D eigenvalue weighted by atomic mass is 10.1. The van der Waals surface area contributed by atoms with Gasteiger partial charge in [0.1, 0.15) is 5.75 Å². The van der Waals surface area contributed by atoms with Crippen molar-refractivity contribution >= 4 is 38.3 Å². The molecule has 1 fully saturated rings. The van der Waals surface area contributed by atoms with Crippen molar-refractivity contribution in [3.8, 4) is 5.75 Å². The number of aromatic hydroxyl groups is 1. The highest BCUT2D eigenvalue weighted by molar-refractivity contribution is 9.10. The summed E-state index contributed by atoms with van der Waals surface area (Å²) in [5.41, 5.74) is 1.72. The number of benzene rings is 2. The van der Waals surface area contributed by atoms with E-state index >= 15 is 0 Å². The highest BCUT2D eigenvalue weighted by Crippen LogP contribution is 2.24. The van der Waals surface area contributed by atoms with Crippen LogP contribution in [0.4, 0.5) is 5.69 Å². The van der Waals surface area contributed by atoms with Gasteiger partial charge in [0.2, 0.25) is 0 Å². The van der Waals surface area contributed by atoms with E-state index in [1.54, 1.807) is 18.2 Å². The van der Waals surface area contributed by atoms with Crippen LogP contribution in [0.3, 0.4) is 0 Å². The first kappa shape index (κ1) is 19.1. The molecule has 2 aromatic carbocycles. The molecule has 1 aliphatic rings. The van der Waals surface area contributed by atoms with Gasteiger partial charge in [-0.15, -0.1) is 0 Å². The fourth-order valence-electron chi connectivity index (χ4n) is 2.86. The predicted octanol–water partition coefficient (Wildman–Crippen LogP) is 3.83. The van der Waals surface area contributed by atoms with Crippen LogP contribution < -0.4 is 5.32 Å². The van der Waals surface area contributed by atoms with Crippen molar-refractivity contribution in [2.45, 2.75) is 23.8 Å². The summed E-state index contributed by atoms with van der Waals surface area (Å²) in [5, 5.41) is 12.9. The Balaban J connectivity index is 1.67. The Morgan fingerprint density at radius 3 is 2.73 bits per heavy atom. The second-order valence-electron chi connectivity index (χ2n) is 6.15. The number of hydrogen-bond acceptors (Lipinski definition) is 4. The van der Waals surface area contributed by atoms with Crippen LogP contribution >= 0.6 is 15.9 Å². The van der Waals surface area contributed by atoms with Gasteiger partial charge in [0.15, 0.2) is 0 Å². The first-order valence-electron chi connectivity index (χ1n) is 8.36. The van der Waals surface area contributed by atoms with E-state index in [0.29, 0.717) is 29.1 Å². The number of nitrogens with one attached hydrogen (secondary N) is 1. The van der Waals surface area contributed by atoms with Crippen molar-refractivity contribution in [1.82, 2.24) is 0 Å². The fraction of sp³-hybridized carbons (Fsp3) is 0.316. The van der Waals surface area contributed by atoms with Crippen LogP contribution in [0.5, 0.6) is 5.75 Å². The van der Waals surface area contributed by atoms with Crippen LogP contribution in [-0.2, 0) is 21.3 Å². The monoisotopic (exact) mass is 437 g/mol. The Labute approximate surface area is 163 Å². The molecule has 7 heteroatoms. The van der Waals surface area contributed by atoms with E-state index in [0.717, 1.165) is 18.4 Å². The summed E-state index contributed by atoms with van der Waals surface area (Å²) >= 11 is 3.25. The summed E-state index contributed by atoms with van der Waals surface area (Å²) in [6.45, 7) is 1.34. The second-order valence-corrected chi connectivity index (χ2v) is 8.79. The molecule has 138 valence electrons. The number of phenolic OH excluding ortho intramolecular Hbond substituents is 1. The molecule has 5 nitrogen and oxygen atoms in total. The number of carbonyl (C=O) groups excluding carboxylic acids is 1. The largest absolute Gasteiger partial charge is 0.507 e. The van der Waals surface area contributed by atoms with Gasteiger partial charge in [0.05, 0.1) is 5.56 Å². The number of ether oxygens (including phenoxy) is 1. The second kappa shape index (κ2) is 8.79. The van der Waals surface area contributed by atoms with Crippen LogP contribution in [0.2, 0.25) is 0 Å². The number of anilines is 1. The molecule has 1 saturated heterocycles. The molecule has 1 aliphatic heterocycles. The summed E-state index contributed by atoms with van der Waals surface area (Å²) in [7, 11) is -0.959. The van der Waals surface area contributed by atoms with E-state index in [-0.39, 0.29) is 16.6 Å². The minimum Gasteiger partial charge on any atom is -0.507 e. The SMILES string of the molecule is O=C(Nc1cccc(CS(=O)C2CCOCC2)c1)c1ccc(Br)cc1O. The van der Waals surface area contributed by atoms with Gasteiger partial charge in [-0.3, -0.25) is 9.00 Å². The molecule has 0 radical (unpaired) electrons. The summed E-state index contributed by atoms with van der Waals surface area (Å²) in [4.78, 5) is 12.4. The zero-order chi connectivity index (χ0) is 18.5. The molecular formula is C19H20BrNO4S. The molecule has 3 rings (SSSR count). The summed E-state index contributed by atoms with van der Waals surface area (Å²) < 4.78 is 18.5. The van der Waals surface area contributed by atoms with Crippen molar-refractivity contribution in [2.24, 2.45) is 0 Å². The van der Waals surface area contributed by atoms with Crippen molar-refractivity contribution in [2.75, 3.05) is 18.5 Å². The predicted molar refractivity (Wildman–Crippen MR) is 106 cm³/mol. The van der Waals surface area contributed by atoms with Gasteiger partial charge >= 0.3 is 0 Å². The Morgan fingerprint density at radius 1 is 1.23 bits per heavy atom. The van der Waals surface area contributed by atoms with Crippen LogP contribution in [0.1, 0.15) is 28.8 Å². The van der Waals surface area contributed by atoms with E-state index in [9.17, 15) is 14.1 Å². The van der Waals surface area contributed by atoms with Crippen LogP contribution in [0.15, 0.2) is 46.9 Å². The maximum Gasteiger partial charge on any atom is 0.259 e. The van der Waals surface area contributed by atoms with Gasteiger partial charge < -0.3 is 15.2 Å². The Kier molecular flexibility index (Phi) is 6.45. The average Bonchev–Trinajstić information content (AvgIpc) is 2.62. The van der Waals surface area contributed by atoms with Gasteiger partial charge in [0, 0.05) is 45.2 Å². The number of hydrogen-bond donors (Lipinski definition) is 2. The molecule has 0 spiro atoms. The molecular weight excluding hydrogens is 418 g/mol. The highest BCUT2D eigenvalue weighted by atomic mass is 79.9. The molecule has 2 aromatic rings. The number of halogens is 1. The third kappa shape index (κ3) is 4.93. The van der Waals surface area contributed by atoms with Gasteiger partial charge in [0.25, 0.3) is 5.91 Å². The number of rotatable bonds is 5. The summed E-state index contributed by atoms with van der Waals surface area (Å²) in [5.74, 6) is -0.0240. The molecule has 0 aromatic heterocycles. The normalized spacial score (nSPS) is 16.2. The fourth-order valence-corrected chi connectivity index (χ4v) is 4.67. The first-order chi connectivity index (χ1) is 12.5. The number of amides is 1. The van der Waals surface area contributed by atoms with Crippen LogP contribution in [0, 0.1) is 0 Å². The summed E-state index contributed by atoms with van der Waals surface area (Å²) in [6.07, 6.45) is 1.65. The highest BCUT2D eigenvalue weighted by Gasteiger charge is 2.20. The van der Waals surface area contributed by atoms with Crippen LogP contribution in [-0.4, -0.2) is 33.7 Å². The standard InChI is InChI=1S/C19H20BrNO4S/c20-14-4-5-17(18(22)11-14)19(23)21-15-3-1-2-13(10-15)12-26(24)16-6-8-25-9-7-16/h1-5,10-11,16,22H,6-9,12H2,(H,21,23). The van der Waals surface area contributed by atoms with E-state index in [1.165, 1.54) is 6.07 Å². The van der Waals surface area contributed by atoms with Crippen molar-refractivity contribution in [3.05, 3.63) is 58.1 Å².